The van der Waals surface area contributed by atoms with E-state index in [1.54, 1.807) is 44.8 Å². The van der Waals surface area contributed by atoms with E-state index in [4.69, 9.17) is 15.0 Å². The topological polar surface area (TPSA) is 148 Å². The standard InChI is InChI=1S/C22H24N8O3/c1-21(2,15-6-7-16(24-11-15)13-8-25-20(23)26-9-13)18-28-17(33-29-18)14-10-27-30(12-14)22(3,4)19(31)32-5/h6-12H,1-5H3,(H2,23,25,26). The molecule has 11 nitrogen and oxygen atoms in total. The Hall–Kier alpha value is -4.15. The van der Waals surface area contributed by atoms with Gasteiger partial charge in [-0.25, -0.2) is 14.8 Å². The van der Waals surface area contributed by atoms with Crippen molar-refractivity contribution >= 4 is 11.9 Å². The largest absolute Gasteiger partial charge is 0.467 e. The Bertz CT molecular complexity index is 1270. The Morgan fingerprint density at radius 1 is 1.03 bits per heavy atom. The SMILES string of the molecule is COC(=O)C(C)(C)n1cc(-c2nc(C(C)(C)c3ccc(-c4cnc(N)nc4)nc3)no2)cn1. The lowest BCUT2D eigenvalue weighted by atomic mass is 9.85. The van der Waals surface area contributed by atoms with Crippen molar-refractivity contribution < 1.29 is 14.1 Å². The number of pyridine rings is 1. The van der Waals surface area contributed by atoms with Crippen LogP contribution in [0.2, 0.25) is 0 Å². The molecule has 0 saturated heterocycles. The molecule has 0 unspecified atom stereocenters. The van der Waals surface area contributed by atoms with Gasteiger partial charge >= 0.3 is 5.97 Å². The normalized spacial score (nSPS) is 12.0. The highest BCUT2D eigenvalue weighted by molar-refractivity contribution is 5.77. The number of ether oxygens (including phenoxy) is 1. The first kappa shape index (κ1) is 22.1. The minimum Gasteiger partial charge on any atom is -0.467 e. The molecule has 0 amide bonds. The van der Waals surface area contributed by atoms with Crippen LogP contribution in [0.4, 0.5) is 5.95 Å². The van der Waals surface area contributed by atoms with E-state index in [2.05, 4.69) is 30.2 Å². The zero-order valence-corrected chi connectivity index (χ0v) is 19.0. The first-order valence-corrected chi connectivity index (χ1v) is 10.2. The summed E-state index contributed by atoms with van der Waals surface area (Å²) in [4.78, 5) is 29.1. The summed E-state index contributed by atoms with van der Waals surface area (Å²) in [5, 5.41) is 8.44. The molecule has 0 bridgehead atoms. The Balaban J connectivity index is 1.58. The van der Waals surface area contributed by atoms with Gasteiger partial charge in [-0.15, -0.1) is 0 Å². The monoisotopic (exact) mass is 448 g/mol. The van der Waals surface area contributed by atoms with Crippen molar-refractivity contribution in [2.75, 3.05) is 12.8 Å². The molecule has 4 rings (SSSR count). The van der Waals surface area contributed by atoms with Gasteiger partial charge in [0.25, 0.3) is 5.89 Å². The summed E-state index contributed by atoms with van der Waals surface area (Å²) in [7, 11) is 1.34. The molecular weight excluding hydrogens is 424 g/mol. The van der Waals surface area contributed by atoms with E-state index < -0.39 is 16.9 Å². The number of nitrogens with two attached hydrogens (primary N) is 1. The molecule has 4 aromatic heterocycles. The lowest BCUT2D eigenvalue weighted by Gasteiger charge is -2.21. The highest BCUT2D eigenvalue weighted by Crippen LogP contribution is 2.32. The Kier molecular flexibility index (Phi) is 5.40. The van der Waals surface area contributed by atoms with Gasteiger partial charge in [0.05, 0.1) is 30.0 Å². The van der Waals surface area contributed by atoms with Crippen LogP contribution in [0.25, 0.3) is 22.7 Å². The molecule has 11 heteroatoms. The summed E-state index contributed by atoms with van der Waals surface area (Å²) >= 11 is 0. The minimum absolute atomic E-state index is 0.212. The molecule has 4 heterocycles. The third-order valence-electron chi connectivity index (χ3n) is 5.53. The molecule has 170 valence electrons. The minimum atomic E-state index is -0.974. The number of carbonyl (C=O) groups is 1. The van der Waals surface area contributed by atoms with Gasteiger partial charge in [-0.3, -0.25) is 9.67 Å². The number of anilines is 1. The Labute approximate surface area is 190 Å². The van der Waals surface area contributed by atoms with Crippen LogP contribution in [0.15, 0.2) is 47.6 Å². The number of carbonyl (C=O) groups excluding carboxylic acids is 1. The van der Waals surface area contributed by atoms with E-state index in [0.717, 1.165) is 16.8 Å². The maximum atomic E-state index is 12.0. The zero-order valence-electron chi connectivity index (χ0n) is 19.0. The average Bonchev–Trinajstić information content (AvgIpc) is 3.49. The van der Waals surface area contributed by atoms with Crippen LogP contribution < -0.4 is 5.73 Å². The highest BCUT2D eigenvalue weighted by atomic mass is 16.5. The Morgan fingerprint density at radius 3 is 2.39 bits per heavy atom. The van der Waals surface area contributed by atoms with Crippen LogP contribution in [0.5, 0.6) is 0 Å². The van der Waals surface area contributed by atoms with Crippen molar-refractivity contribution in [3.05, 3.63) is 54.5 Å². The zero-order chi connectivity index (χ0) is 23.8. The molecule has 0 radical (unpaired) electrons. The van der Waals surface area contributed by atoms with Crippen LogP contribution in [0, 0.1) is 0 Å². The first-order valence-electron chi connectivity index (χ1n) is 10.2. The molecule has 0 atom stereocenters. The summed E-state index contributed by atoms with van der Waals surface area (Å²) in [6.45, 7) is 7.39. The quantitative estimate of drug-likeness (QED) is 0.436. The lowest BCUT2D eigenvalue weighted by molar-refractivity contribution is -0.150. The fourth-order valence-corrected chi connectivity index (χ4v) is 3.21. The van der Waals surface area contributed by atoms with Crippen LogP contribution in [0.1, 0.15) is 39.1 Å². The van der Waals surface area contributed by atoms with Crippen molar-refractivity contribution in [3.8, 4) is 22.7 Å². The number of nitrogen functional groups attached to an aromatic ring is 1. The van der Waals surface area contributed by atoms with Crippen molar-refractivity contribution in [1.82, 2.24) is 34.9 Å². The predicted octanol–water partition coefficient (Wildman–Crippen LogP) is 2.60. The van der Waals surface area contributed by atoms with E-state index in [1.807, 2.05) is 26.0 Å². The second kappa shape index (κ2) is 8.08. The summed E-state index contributed by atoms with van der Waals surface area (Å²) in [5.74, 6) is 0.589. The molecule has 0 aliphatic rings. The van der Waals surface area contributed by atoms with Crippen LogP contribution in [-0.4, -0.2) is 48.0 Å². The number of nitrogens with zero attached hydrogens (tertiary/aromatic N) is 7. The van der Waals surface area contributed by atoms with Gasteiger partial charge in [-0.05, 0) is 39.3 Å². The summed E-state index contributed by atoms with van der Waals surface area (Å²) in [6, 6.07) is 3.83. The van der Waals surface area contributed by atoms with E-state index in [0.29, 0.717) is 17.3 Å². The number of aromatic nitrogens is 7. The summed E-state index contributed by atoms with van der Waals surface area (Å²) in [5.41, 5.74) is 6.98. The van der Waals surface area contributed by atoms with E-state index in [-0.39, 0.29) is 5.95 Å². The van der Waals surface area contributed by atoms with Gasteiger partial charge in [0.15, 0.2) is 11.4 Å². The molecule has 0 fully saturated rings. The Morgan fingerprint density at radius 2 is 1.76 bits per heavy atom. The molecule has 0 spiro atoms. The van der Waals surface area contributed by atoms with Crippen LogP contribution in [0.3, 0.4) is 0 Å². The van der Waals surface area contributed by atoms with Gasteiger partial charge < -0.3 is 15.0 Å². The number of hydrogen-bond donors (Lipinski definition) is 1. The fraction of sp³-hybridized carbons (Fsp3) is 0.318. The van der Waals surface area contributed by atoms with Crippen LogP contribution >= 0.6 is 0 Å². The average molecular weight is 448 g/mol. The molecule has 0 aromatic carbocycles. The van der Waals surface area contributed by atoms with Crippen molar-refractivity contribution in [1.29, 1.82) is 0 Å². The first-order chi connectivity index (χ1) is 15.6. The van der Waals surface area contributed by atoms with Crippen LogP contribution in [-0.2, 0) is 20.5 Å². The molecule has 4 aromatic rings. The molecular formula is C22H24N8O3. The van der Waals surface area contributed by atoms with Gasteiger partial charge in [-0.2, -0.15) is 10.1 Å². The van der Waals surface area contributed by atoms with E-state index in [1.165, 1.54) is 11.8 Å². The van der Waals surface area contributed by atoms with Gasteiger partial charge in [-0.1, -0.05) is 11.2 Å². The van der Waals surface area contributed by atoms with Crippen molar-refractivity contribution in [2.45, 2.75) is 38.6 Å². The predicted molar refractivity (Wildman–Crippen MR) is 119 cm³/mol. The summed E-state index contributed by atoms with van der Waals surface area (Å²) < 4.78 is 11.9. The third kappa shape index (κ3) is 4.04. The maximum absolute atomic E-state index is 12.0. The summed E-state index contributed by atoms with van der Waals surface area (Å²) in [6.07, 6.45) is 8.26. The van der Waals surface area contributed by atoms with E-state index >= 15 is 0 Å². The number of methoxy groups -OCH3 is 1. The van der Waals surface area contributed by atoms with Crippen molar-refractivity contribution in [3.63, 3.8) is 0 Å². The second-order valence-corrected chi connectivity index (χ2v) is 8.53. The van der Waals surface area contributed by atoms with E-state index in [9.17, 15) is 4.79 Å². The molecule has 2 N–H and O–H groups in total. The number of hydrogen-bond acceptors (Lipinski definition) is 10. The number of esters is 1. The molecule has 0 aliphatic heterocycles. The van der Waals surface area contributed by atoms with Gasteiger partial charge in [0.2, 0.25) is 5.95 Å². The molecule has 0 aliphatic carbocycles. The van der Waals surface area contributed by atoms with Gasteiger partial charge in [0, 0.05) is 30.4 Å². The highest BCUT2D eigenvalue weighted by Gasteiger charge is 2.33. The number of rotatable bonds is 6. The fourth-order valence-electron chi connectivity index (χ4n) is 3.21. The van der Waals surface area contributed by atoms with Crippen molar-refractivity contribution in [2.24, 2.45) is 0 Å². The molecule has 33 heavy (non-hydrogen) atoms. The second-order valence-electron chi connectivity index (χ2n) is 8.53. The van der Waals surface area contributed by atoms with Gasteiger partial charge in [0.1, 0.15) is 0 Å². The lowest BCUT2D eigenvalue weighted by Crippen LogP contribution is -2.37. The smallest absolute Gasteiger partial charge is 0.333 e. The molecule has 0 saturated carbocycles. The third-order valence-corrected chi connectivity index (χ3v) is 5.53. The maximum Gasteiger partial charge on any atom is 0.333 e.